The first kappa shape index (κ1) is 20.1. The second-order valence-corrected chi connectivity index (χ2v) is 5.54. The van der Waals surface area contributed by atoms with E-state index < -0.39 is 0 Å². The van der Waals surface area contributed by atoms with E-state index in [2.05, 4.69) is 6.07 Å². The number of carbonyl (C=O) groups excluding carboxylic acids is 1. The molecule has 1 saturated carbocycles. The van der Waals surface area contributed by atoms with Crippen molar-refractivity contribution >= 4 is 5.78 Å². The van der Waals surface area contributed by atoms with E-state index in [1.807, 2.05) is 19.9 Å². The quantitative estimate of drug-likeness (QED) is 0.696. The molecule has 3 aliphatic rings. The molecule has 1 aromatic carbocycles. The third-order valence-electron chi connectivity index (χ3n) is 4.75. The Balaban J connectivity index is 0.000000583. The van der Waals surface area contributed by atoms with Gasteiger partial charge in [0.25, 0.3) is 0 Å². The number of ketones is 1. The van der Waals surface area contributed by atoms with Gasteiger partial charge in [0.15, 0.2) is 23.4 Å². The van der Waals surface area contributed by atoms with E-state index in [0.717, 1.165) is 24.3 Å². The van der Waals surface area contributed by atoms with Gasteiger partial charge in [-0.15, -0.1) is 0 Å². The van der Waals surface area contributed by atoms with Gasteiger partial charge in [-0.1, -0.05) is 19.9 Å². The maximum atomic E-state index is 12.1. The van der Waals surface area contributed by atoms with Crippen LogP contribution in [-0.4, -0.2) is 24.5 Å². The number of benzene rings is 1. The van der Waals surface area contributed by atoms with Crippen molar-refractivity contribution in [1.29, 1.82) is 0 Å². The summed E-state index contributed by atoms with van der Waals surface area (Å²) in [5, 5.41) is 0. The van der Waals surface area contributed by atoms with Crippen molar-refractivity contribution in [2.75, 3.05) is 7.11 Å². The predicted molar refractivity (Wildman–Crippen MR) is 79.5 cm³/mol. The van der Waals surface area contributed by atoms with Crippen molar-refractivity contribution in [1.82, 2.24) is 0 Å². The molecule has 0 radical (unpaired) electrons. The minimum atomic E-state index is -0.242. The van der Waals surface area contributed by atoms with Crippen molar-refractivity contribution in [2.24, 2.45) is 5.92 Å². The summed E-state index contributed by atoms with van der Waals surface area (Å²) < 4.78 is 11.3. The number of methoxy groups -OCH3 is 1. The largest absolute Gasteiger partial charge is 1.00 e. The fourth-order valence-corrected chi connectivity index (χ4v) is 3.90. The molecule has 5 heteroatoms. The van der Waals surface area contributed by atoms with Gasteiger partial charge in [0.2, 0.25) is 0 Å². The molecule has 0 bridgehead atoms. The van der Waals surface area contributed by atoms with Crippen LogP contribution in [0.2, 0.25) is 0 Å². The normalized spacial score (nSPS) is 26.3. The fraction of sp³-hybridized carbons (Fsp3) is 0.588. The van der Waals surface area contributed by atoms with Crippen molar-refractivity contribution in [2.45, 2.75) is 51.6 Å². The monoisotopic (exact) mass is 330 g/mol. The van der Waals surface area contributed by atoms with Crippen molar-refractivity contribution < 1.29 is 71.1 Å². The number of hydrogen-bond acceptors (Lipinski definition) is 4. The van der Waals surface area contributed by atoms with E-state index in [-0.39, 0.29) is 68.7 Å². The zero-order valence-corrected chi connectivity index (χ0v) is 17.0. The van der Waals surface area contributed by atoms with Crippen molar-refractivity contribution in [3.8, 4) is 11.5 Å². The molecule has 4 rings (SSSR count). The Bertz CT molecular complexity index is 544. The van der Waals surface area contributed by atoms with Gasteiger partial charge in [-0.25, -0.2) is 0 Å². The summed E-state index contributed by atoms with van der Waals surface area (Å²) in [6.07, 6.45) is 3.76. The molecule has 0 spiro atoms. The molecule has 3 unspecified atom stereocenters. The minimum Gasteiger partial charge on any atom is -0.870 e. The van der Waals surface area contributed by atoms with Crippen LogP contribution in [-0.2, 0) is 11.2 Å². The Morgan fingerprint density at radius 1 is 1.18 bits per heavy atom. The van der Waals surface area contributed by atoms with E-state index >= 15 is 0 Å². The molecule has 1 fully saturated rings. The average molecular weight is 330 g/mol. The first-order chi connectivity index (χ1) is 9.79. The van der Waals surface area contributed by atoms with Crippen LogP contribution in [0.25, 0.3) is 0 Å². The molecular weight excluding hydrogens is 307 g/mol. The zero-order valence-electron chi connectivity index (χ0n) is 13.9. The Hall–Kier alpha value is 0.0864. The van der Waals surface area contributed by atoms with Crippen LogP contribution in [0.4, 0.5) is 0 Å². The Labute approximate surface area is 174 Å². The van der Waals surface area contributed by atoms with E-state index in [0.29, 0.717) is 18.3 Å². The topological polar surface area (TPSA) is 65.5 Å². The van der Waals surface area contributed by atoms with Crippen LogP contribution in [0.3, 0.4) is 0 Å². The third kappa shape index (κ3) is 3.04. The van der Waals surface area contributed by atoms with E-state index in [1.165, 1.54) is 17.5 Å². The molecule has 22 heavy (non-hydrogen) atoms. The number of ether oxygens (including phenoxy) is 2. The first-order valence-electron chi connectivity index (χ1n) is 7.68. The molecule has 1 aromatic rings. The molecule has 0 amide bonds. The zero-order chi connectivity index (χ0) is 14.3. The van der Waals surface area contributed by atoms with Crippen molar-refractivity contribution in [3.05, 3.63) is 23.3 Å². The van der Waals surface area contributed by atoms with Crippen LogP contribution >= 0.6 is 0 Å². The molecular formula is C17H23KO4. The molecule has 116 valence electrons. The summed E-state index contributed by atoms with van der Waals surface area (Å²) in [6, 6.07) is 4.11. The molecule has 0 aromatic heterocycles. The second kappa shape index (κ2) is 8.26. The van der Waals surface area contributed by atoms with Gasteiger partial charge in [-0.2, -0.15) is 0 Å². The van der Waals surface area contributed by atoms with Gasteiger partial charge in [0.1, 0.15) is 0 Å². The Kier molecular flexibility index (Phi) is 7.56. The van der Waals surface area contributed by atoms with Crippen LogP contribution in [0.15, 0.2) is 12.1 Å². The first-order valence-corrected chi connectivity index (χ1v) is 7.68. The fourth-order valence-electron chi connectivity index (χ4n) is 3.90. The predicted octanol–water partition coefficient (Wildman–Crippen LogP) is 0.319. The molecule has 2 aliphatic carbocycles. The Morgan fingerprint density at radius 2 is 1.86 bits per heavy atom. The molecule has 4 nitrogen and oxygen atoms in total. The summed E-state index contributed by atoms with van der Waals surface area (Å²) in [5.41, 5.74) is 2.62. The van der Waals surface area contributed by atoms with Gasteiger partial charge in [-0.05, 0) is 36.8 Å². The molecule has 0 saturated heterocycles. The number of hydrogen-bond donors (Lipinski definition) is 0. The molecule has 1 aliphatic heterocycles. The number of Topliss-reactive ketones (excluding diaryl/α,β-unsaturated/α-hetero) is 1. The van der Waals surface area contributed by atoms with Gasteiger partial charge >= 0.3 is 51.4 Å². The van der Waals surface area contributed by atoms with E-state index in [1.54, 1.807) is 7.11 Å². The number of aryl methyl sites for hydroxylation is 1. The maximum absolute atomic E-state index is 12.1. The smallest absolute Gasteiger partial charge is 0.870 e. The standard InChI is InChI=1S/C15H16O3.C2H6.K.H2O/c1-17-11-7-5-9-3-2-8-4-6-10(16)14-12(8)13(9)15(11)18-14;1-2;;/h5,7-8,12,14H,2-4,6H2,1H3;1-2H3;;1H2/q;;+1;/p-1. The van der Waals surface area contributed by atoms with Crippen LogP contribution in [0, 0.1) is 5.92 Å². The maximum Gasteiger partial charge on any atom is 1.00 e. The summed E-state index contributed by atoms with van der Waals surface area (Å²) in [5.74, 6) is 2.79. The molecule has 1 N–H and O–H groups in total. The van der Waals surface area contributed by atoms with Crippen LogP contribution in [0.5, 0.6) is 11.5 Å². The van der Waals surface area contributed by atoms with Gasteiger partial charge in [0.05, 0.1) is 7.11 Å². The Morgan fingerprint density at radius 3 is 2.55 bits per heavy atom. The van der Waals surface area contributed by atoms with E-state index in [9.17, 15) is 4.79 Å². The summed E-state index contributed by atoms with van der Waals surface area (Å²) in [7, 11) is 1.66. The van der Waals surface area contributed by atoms with Crippen LogP contribution in [0.1, 0.15) is 50.2 Å². The minimum absolute atomic E-state index is 0. The van der Waals surface area contributed by atoms with Gasteiger partial charge in [0, 0.05) is 17.9 Å². The number of carbonyl (C=O) groups is 1. The average Bonchev–Trinajstić information content (AvgIpc) is 2.91. The molecule has 1 heterocycles. The van der Waals surface area contributed by atoms with Crippen molar-refractivity contribution in [3.63, 3.8) is 0 Å². The van der Waals surface area contributed by atoms with Gasteiger partial charge < -0.3 is 14.9 Å². The molecule has 3 atom stereocenters. The summed E-state index contributed by atoms with van der Waals surface area (Å²) >= 11 is 0. The summed E-state index contributed by atoms with van der Waals surface area (Å²) in [6.45, 7) is 4.00. The second-order valence-electron chi connectivity index (χ2n) is 5.54. The van der Waals surface area contributed by atoms with E-state index in [4.69, 9.17) is 9.47 Å². The van der Waals surface area contributed by atoms with Gasteiger partial charge in [-0.3, -0.25) is 4.79 Å². The van der Waals surface area contributed by atoms with Crippen LogP contribution < -0.4 is 60.9 Å². The SMILES string of the molecule is CC.COc1ccc2c3c1OC1C(=O)CCC(CC2)C31.[K+].[OH-]. The summed E-state index contributed by atoms with van der Waals surface area (Å²) in [4.78, 5) is 12.1. The third-order valence-corrected chi connectivity index (χ3v) is 4.75. The number of rotatable bonds is 1.